The van der Waals surface area contributed by atoms with Crippen molar-refractivity contribution in [3.63, 3.8) is 0 Å². The minimum atomic E-state index is -0.368. The van der Waals surface area contributed by atoms with E-state index in [9.17, 15) is 9.59 Å². The number of aromatic nitrogens is 4. The lowest BCUT2D eigenvalue weighted by atomic mass is 10.6. The van der Waals surface area contributed by atoms with E-state index in [1.807, 2.05) is 0 Å². The number of hydrogen-bond acceptors (Lipinski definition) is 9. The summed E-state index contributed by atoms with van der Waals surface area (Å²) in [6.07, 6.45) is 1.59. The van der Waals surface area contributed by atoms with Crippen molar-refractivity contribution in [2.24, 2.45) is 0 Å². The van der Waals surface area contributed by atoms with Gasteiger partial charge in [0.05, 0.1) is 12.4 Å². The largest absolute Gasteiger partial charge is 0.465 e. The molecule has 11 heteroatoms. The third-order valence-corrected chi connectivity index (χ3v) is 3.98. The lowest BCUT2D eigenvalue weighted by molar-refractivity contribution is -0.139. The van der Waals surface area contributed by atoms with E-state index in [1.165, 1.54) is 15.9 Å². The molecule has 0 aliphatic heterocycles. The van der Waals surface area contributed by atoms with Gasteiger partial charge in [-0.2, -0.15) is 0 Å². The highest BCUT2D eigenvalue weighted by atomic mass is 32.2. The molecule has 0 fully saturated rings. The van der Waals surface area contributed by atoms with E-state index in [4.69, 9.17) is 10.5 Å². The molecule has 0 aliphatic rings. The molecule has 0 saturated carbocycles. The van der Waals surface area contributed by atoms with Gasteiger partial charge in [0.25, 0.3) is 0 Å². The van der Waals surface area contributed by atoms with Crippen molar-refractivity contribution in [2.75, 3.05) is 23.4 Å². The highest BCUT2D eigenvalue weighted by Crippen LogP contribution is 2.18. The van der Waals surface area contributed by atoms with Gasteiger partial charge in [0.1, 0.15) is 6.54 Å². The fraction of sp³-hybridized carbons (Fsp3) is 0.364. The molecule has 0 saturated heterocycles. The number of thioether (sulfide) groups is 1. The number of nitrogens with two attached hydrogens (primary N) is 1. The first-order valence-corrected chi connectivity index (χ1v) is 8.13. The van der Waals surface area contributed by atoms with Gasteiger partial charge in [-0.15, -0.1) is 21.5 Å². The normalized spacial score (nSPS) is 10.4. The van der Waals surface area contributed by atoms with Gasteiger partial charge in [-0.05, 0) is 6.92 Å². The zero-order valence-corrected chi connectivity index (χ0v) is 13.3. The molecule has 0 bridgehead atoms. The number of nitrogen functional groups attached to an aromatic ring is 1. The topological polar surface area (TPSA) is 125 Å². The molecule has 0 radical (unpaired) electrons. The van der Waals surface area contributed by atoms with Crippen molar-refractivity contribution in [2.45, 2.75) is 18.6 Å². The van der Waals surface area contributed by atoms with Crippen LogP contribution in [0.5, 0.6) is 0 Å². The van der Waals surface area contributed by atoms with Crippen LogP contribution in [0.25, 0.3) is 0 Å². The first-order chi connectivity index (χ1) is 10.6. The van der Waals surface area contributed by atoms with E-state index in [-0.39, 0.29) is 30.1 Å². The van der Waals surface area contributed by atoms with E-state index in [0.29, 0.717) is 16.9 Å². The van der Waals surface area contributed by atoms with Crippen LogP contribution in [-0.4, -0.2) is 44.0 Å². The predicted octanol–water partition coefficient (Wildman–Crippen LogP) is 0.611. The van der Waals surface area contributed by atoms with Crippen LogP contribution in [-0.2, 0) is 20.9 Å². The summed E-state index contributed by atoms with van der Waals surface area (Å²) in [6, 6.07) is 0. The average molecular weight is 342 g/mol. The fourth-order valence-corrected chi connectivity index (χ4v) is 2.76. The average Bonchev–Trinajstić information content (AvgIpc) is 3.09. The minimum absolute atomic E-state index is 0.0659. The number of carbonyl (C=O) groups is 2. The molecule has 22 heavy (non-hydrogen) atoms. The number of thiazole rings is 1. The van der Waals surface area contributed by atoms with E-state index in [2.05, 4.69) is 20.5 Å². The molecule has 2 aromatic rings. The molecule has 9 nitrogen and oxygen atoms in total. The monoisotopic (exact) mass is 342 g/mol. The second-order valence-electron chi connectivity index (χ2n) is 3.91. The third-order valence-electron chi connectivity index (χ3n) is 2.35. The SMILES string of the molecule is CCOC(=O)CSc1nnc(N)n1CC(=O)Nc1nccs1. The fourth-order valence-electron chi connectivity index (χ4n) is 1.47. The Morgan fingerprint density at radius 1 is 1.50 bits per heavy atom. The summed E-state index contributed by atoms with van der Waals surface area (Å²) in [4.78, 5) is 27.3. The first-order valence-electron chi connectivity index (χ1n) is 6.26. The van der Waals surface area contributed by atoms with Crippen molar-refractivity contribution in [1.82, 2.24) is 19.7 Å². The van der Waals surface area contributed by atoms with Crippen LogP contribution < -0.4 is 11.1 Å². The summed E-state index contributed by atoms with van der Waals surface area (Å²) in [7, 11) is 0. The van der Waals surface area contributed by atoms with Crippen molar-refractivity contribution in [1.29, 1.82) is 0 Å². The number of hydrogen-bond donors (Lipinski definition) is 2. The number of nitrogens with zero attached hydrogens (tertiary/aromatic N) is 4. The summed E-state index contributed by atoms with van der Waals surface area (Å²) >= 11 is 2.42. The van der Waals surface area contributed by atoms with Crippen LogP contribution in [0.15, 0.2) is 16.7 Å². The summed E-state index contributed by atoms with van der Waals surface area (Å²) in [6.45, 7) is 1.97. The van der Waals surface area contributed by atoms with E-state index >= 15 is 0 Å². The Morgan fingerprint density at radius 2 is 2.32 bits per heavy atom. The molecule has 1 amide bonds. The maximum absolute atomic E-state index is 11.9. The number of rotatable bonds is 7. The van der Waals surface area contributed by atoms with Crippen molar-refractivity contribution in [3.8, 4) is 0 Å². The predicted molar refractivity (Wildman–Crippen MR) is 82.5 cm³/mol. The lowest BCUT2D eigenvalue weighted by Gasteiger charge is -2.07. The van der Waals surface area contributed by atoms with Crippen molar-refractivity contribution < 1.29 is 14.3 Å². The lowest BCUT2D eigenvalue weighted by Crippen LogP contribution is -2.20. The minimum Gasteiger partial charge on any atom is -0.465 e. The number of ether oxygens (including phenoxy) is 1. The Hall–Kier alpha value is -2.14. The Kier molecular flexibility index (Phi) is 5.72. The van der Waals surface area contributed by atoms with Gasteiger partial charge in [-0.25, -0.2) is 4.98 Å². The number of anilines is 2. The number of amides is 1. The summed E-state index contributed by atoms with van der Waals surface area (Å²) in [5.74, 6) is -0.506. The van der Waals surface area contributed by atoms with Crippen molar-refractivity contribution in [3.05, 3.63) is 11.6 Å². The van der Waals surface area contributed by atoms with Crippen LogP contribution in [0.2, 0.25) is 0 Å². The van der Waals surface area contributed by atoms with Gasteiger partial charge in [-0.1, -0.05) is 11.8 Å². The smallest absolute Gasteiger partial charge is 0.316 e. The van der Waals surface area contributed by atoms with Gasteiger partial charge in [0.15, 0.2) is 10.3 Å². The molecule has 0 aliphatic carbocycles. The molecule has 2 rings (SSSR count). The van der Waals surface area contributed by atoms with Gasteiger partial charge >= 0.3 is 5.97 Å². The van der Waals surface area contributed by atoms with Gasteiger partial charge < -0.3 is 15.8 Å². The highest BCUT2D eigenvalue weighted by Gasteiger charge is 2.16. The Balaban J connectivity index is 1.96. The molecular formula is C11H14N6O3S2. The maximum atomic E-state index is 11.9. The number of nitrogens with one attached hydrogen (secondary N) is 1. The van der Waals surface area contributed by atoms with Crippen LogP contribution in [0.3, 0.4) is 0 Å². The summed E-state index contributed by atoms with van der Waals surface area (Å²) in [5.41, 5.74) is 5.69. The summed E-state index contributed by atoms with van der Waals surface area (Å²) < 4.78 is 6.25. The van der Waals surface area contributed by atoms with E-state index < -0.39 is 0 Å². The van der Waals surface area contributed by atoms with Crippen LogP contribution in [0.4, 0.5) is 11.1 Å². The van der Waals surface area contributed by atoms with Gasteiger partial charge in [0, 0.05) is 11.6 Å². The standard InChI is InChI=1S/C11H14N6O3S2/c1-2-20-8(19)6-22-11-16-15-9(12)17(11)5-7(18)14-10-13-3-4-21-10/h3-4H,2,5-6H2,1H3,(H2,12,15)(H,13,14,18). The highest BCUT2D eigenvalue weighted by molar-refractivity contribution is 7.99. The quantitative estimate of drug-likeness (QED) is 0.554. The third kappa shape index (κ3) is 4.43. The van der Waals surface area contributed by atoms with E-state index in [0.717, 1.165) is 11.8 Å². The molecule has 118 valence electrons. The van der Waals surface area contributed by atoms with Crippen LogP contribution in [0, 0.1) is 0 Å². The van der Waals surface area contributed by atoms with Gasteiger partial charge in [-0.3, -0.25) is 14.2 Å². The summed E-state index contributed by atoms with van der Waals surface area (Å²) in [5, 5.41) is 12.8. The number of esters is 1. The molecular weight excluding hydrogens is 328 g/mol. The molecule has 2 aromatic heterocycles. The Labute approximate surface area is 134 Å². The molecule has 2 heterocycles. The molecule has 0 spiro atoms. The van der Waals surface area contributed by atoms with Crippen LogP contribution in [0.1, 0.15) is 6.92 Å². The maximum Gasteiger partial charge on any atom is 0.316 e. The zero-order chi connectivity index (χ0) is 15.9. The molecule has 3 N–H and O–H groups in total. The van der Waals surface area contributed by atoms with Gasteiger partial charge in [0.2, 0.25) is 11.9 Å². The first kappa shape index (κ1) is 16.2. The van der Waals surface area contributed by atoms with Crippen LogP contribution >= 0.6 is 23.1 Å². The second-order valence-corrected chi connectivity index (χ2v) is 5.74. The van der Waals surface area contributed by atoms with Crippen molar-refractivity contribution >= 4 is 46.1 Å². The molecule has 0 unspecified atom stereocenters. The molecule has 0 aromatic carbocycles. The zero-order valence-electron chi connectivity index (χ0n) is 11.7. The Morgan fingerprint density at radius 3 is 3.00 bits per heavy atom. The Bertz CT molecular complexity index is 642. The number of carbonyl (C=O) groups excluding carboxylic acids is 2. The second kappa shape index (κ2) is 7.75. The molecule has 0 atom stereocenters. The van der Waals surface area contributed by atoms with E-state index in [1.54, 1.807) is 18.5 Å².